The van der Waals surface area contributed by atoms with Crippen LogP contribution in [0.4, 0.5) is 0 Å². The monoisotopic (exact) mass is 422 g/mol. The summed E-state index contributed by atoms with van der Waals surface area (Å²) in [7, 11) is -4.03. The highest BCUT2D eigenvalue weighted by molar-refractivity contribution is 7.85. The largest absolute Gasteiger partial charge is 0.464 e. The molecule has 168 valence electrons. The zero-order chi connectivity index (χ0) is 21.1. The summed E-state index contributed by atoms with van der Waals surface area (Å²) in [5.41, 5.74) is 0. The van der Waals surface area contributed by atoms with E-state index in [4.69, 9.17) is 9.29 Å². The maximum Gasteiger partial charge on any atom is 0.334 e. The fraction of sp³-hybridized carbons (Fsp3) is 0.952. The topological polar surface area (TPSA) is 101 Å². The third-order valence-electron chi connectivity index (χ3n) is 4.89. The van der Waals surface area contributed by atoms with Gasteiger partial charge in [-0.1, -0.05) is 96.8 Å². The Morgan fingerprint density at radius 2 is 1.21 bits per heavy atom. The van der Waals surface area contributed by atoms with Crippen molar-refractivity contribution >= 4 is 16.1 Å². The van der Waals surface area contributed by atoms with E-state index >= 15 is 0 Å². The van der Waals surface area contributed by atoms with E-state index in [0.29, 0.717) is 6.42 Å². The SMILES string of the molecule is CCCCCCCCCCCCCCCCC(O)C(=O)OCCCS(=O)(=O)O. The first kappa shape index (κ1) is 27.3. The Balaban J connectivity index is 3.35. The number of hydrogen-bond acceptors (Lipinski definition) is 5. The molecule has 0 rings (SSSR count). The maximum absolute atomic E-state index is 11.5. The van der Waals surface area contributed by atoms with Gasteiger partial charge < -0.3 is 9.84 Å². The van der Waals surface area contributed by atoms with Crippen molar-refractivity contribution in [2.75, 3.05) is 12.4 Å². The number of ether oxygens (including phenoxy) is 1. The number of carbonyl (C=O) groups excluding carboxylic acids is 1. The van der Waals surface area contributed by atoms with Crippen molar-refractivity contribution in [3.63, 3.8) is 0 Å². The van der Waals surface area contributed by atoms with Gasteiger partial charge in [-0.05, 0) is 12.8 Å². The Bertz CT molecular complexity index is 464. The summed E-state index contributed by atoms with van der Waals surface area (Å²) in [5.74, 6) is -1.17. The molecule has 0 aliphatic rings. The average molecular weight is 423 g/mol. The first-order chi connectivity index (χ1) is 13.4. The first-order valence-electron chi connectivity index (χ1n) is 11.2. The van der Waals surface area contributed by atoms with E-state index in [2.05, 4.69) is 6.92 Å². The predicted molar refractivity (Wildman–Crippen MR) is 113 cm³/mol. The van der Waals surface area contributed by atoms with Crippen LogP contribution in [0.5, 0.6) is 0 Å². The van der Waals surface area contributed by atoms with Crippen LogP contribution in [-0.2, 0) is 19.6 Å². The van der Waals surface area contributed by atoms with E-state index < -0.39 is 27.9 Å². The number of esters is 1. The third-order valence-corrected chi connectivity index (χ3v) is 5.70. The molecule has 0 aliphatic heterocycles. The van der Waals surface area contributed by atoms with Crippen LogP contribution in [0.25, 0.3) is 0 Å². The lowest BCUT2D eigenvalue weighted by Gasteiger charge is -2.10. The Morgan fingerprint density at radius 3 is 1.64 bits per heavy atom. The Morgan fingerprint density at radius 1 is 0.786 bits per heavy atom. The molecule has 0 aromatic heterocycles. The highest BCUT2D eigenvalue weighted by atomic mass is 32.2. The second-order valence-corrected chi connectivity index (χ2v) is 9.28. The predicted octanol–water partition coefficient (Wildman–Crippen LogP) is 5.04. The minimum atomic E-state index is -4.03. The van der Waals surface area contributed by atoms with Gasteiger partial charge in [0.1, 0.15) is 0 Å². The van der Waals surface area contributed by atoms with Crippen molar-refractivity contribution in [3.05, 3.63) is 0 Å². The molecular formula is C21H42O6S. The van der Waals surface area contributed by atoms with Gasteiger partial charge in [0.25, 0.3) is 10.1 Å². The Labute approximate surface area is 172 Å². The Hall–Kier alpha value is -0.660. The van der Waals surface area contributed by atoms with Crippen LogP contribution in [0.15, 0.2) is 0 Å². The summed E-state index contributed by atoms with van der Waals surface area (Å²) in [6, 6.07) is 0. The molecule has 2 N–H and O–H groups in total. The molecule has 1 unspecified atom stereocenters. The highest BCUT2D eigenvalue weighted by Gasteiger charge is 2.16. The van der Waals surface area contributed by atoms with E-state index in [9.17, 15) is 18.3 Å². The molecule has 0 aromatic carbocycles. The van der Waals surface area contributed by atoms with Crippen LogP contribution in [0.3, 0.4) is 0 Å². The number of aliphatic hydroxyl groups excluding tert-OH is 1. The number of carbonyl (C=O) groups is 1. The third kappa shape index (κ3) is 20.1. The summed E-state index contributed by atoms with van der Waals surface area (Å²) in [4.78, 5) is 11.5. The fourth-order valence-corrected chi connectivity index (χ4v) is 3.64. The van der Waals surface area contributed by atoms with Crippen LogP contribution >= 0.6 is 0 Å². The standard InChI is InChI=1S/C21H42O6S/c1-2-3-4-5-6-7-8-9-10-11-12-13-14-15-17-20(22)21(23)27-18-16-19-28(24,25)26/h20,22H,2-19H2,1H3,(H,24,25,26). The van der Waals surface area contributed by atoms with Crippen LogP contribution in [0, 0.1) is 0 Å². The minimum Gasteiger partial charge on any atom is -0.464 e. The normalized spacial score (nSPS) is 12.8. The summed E-state index contributed by atoms with van der Waals surface area (Å²) in [5, 5.41) is 9.73. The highest BCUT2D eigenvalue weighted by Crippen LogP contribution is 2.14. The molecule has 0 aromatic rings. The lowest BCUT2D eigenvalue weighted by Crippen LogP contribution is -2.24. The van der Waals surface area contributed by atoms with Crippen LogP contribution < -0.4 is 0 Å². The van der Waals surface area contributed by atoms with E-state index in [-0.39, 0.29) is 13.0 Å². The van der Waals surface area contributed by atoms with Crippen molar-refractivity contribution in [1.29, 1.82) is 0 Å². The molecule has 0 bridgehead atoms. The van der Waals surface area contributed by atoms with Gasteiger partial charge in [-0.3, -0.25) is 4.55 Å². The molecule has 0 saturated carbocycles. The Kier molecular flexibility index (Phi) is 17.9. The summed E-state index contributed by atoms with van der Waals surface area (Å²) in [6.07, 6.45) is 16.8. The van der Waals surface area contributed by atoms with Crippen molar-refractivity contribution < 1.29 is 27.6 Å². The molecule has 0 amide bonds. The maximum atomic E-state index is 11.5. The second-order valence-electron chi connectivity index (χ2n) is 7.71. The molecule has 28 heavy (non-hydrogen) atoms. The fourth-order valence-electron chi connectivity index (χ4n) is 3.16. The molecular weight excluding hydrogens is 380 g/mol. The van der Waals surface area contributed by atoms with Gasteiger partial charge in [-0.15, -0.1) is 0 Å². The first-order valence-corrected chi connectivity index (χ1v) is 12.8. The van der Waals surface area contributed by atoms with Gasteiger partial charge >= 0.3 is 5.97 Å². The van der Waals surface area contributed by atoms with E-state index in [0.717, 1.165) is 19.3 Å². The number of hydrogen-bond donors (Lipinski definition) is 2. The van der Waals surface area contributed by atoms with Gasteiger partial charge in [-0.25, -0.2) is 4.79 Å². The van der Waals surface area contributed by atoms with Gasteiger partial charge in [-0.2, -0.15) is 8.42 Å². The molecule has 1 atom stereocenters. The summed E-state index contributed by atoms with van der Waals surface area (Å²) in [6.45, 7) is 2.13. The minimum absolute atomic E-state index is 0.0240. The molecule has 0 fully saturated rings. The van der Waals surface area contributed by atoms with Crippen molar-refractivity contribution in [1.82, 2.24) is 0 Å². The molecule has 0 aliphatic carbocycles. The quantitative estimate of drug-likeness (QED) is 0.162. The van der Waals surface area contributed by atoms with Crippen LogP contribution in [0.2, 0.25) is 0 Å². The second kappa shape index (κ2) is 18.4. The van der Waals surface area contributed by atoms with Gasteiger partial charge in [0.2, 0.25) is 0 Å². The van der Waals surface area contributed by atoms with Crippen LogP contribution in [0.1, 0.15) is 110 Å². The summed E-state index contributed by atoms with van der Waals surface area (Å²) < 4.78 is 34.4. The van der Waals surface area contributed by atoms with Crippen molar-refractivity contribution in [2.45, 2.75) is 116 Å². The van der Waals surface area contributed by atoms with E-state index in [1.54, 1.807) is 0 Å². The van der Waals surface area contributed by atoms with Crippen molar-refractivity contribution in [3.8, 4) is 0 Å². The lowest BCUT2D eigenvalue weighted by atomic mass is 10.0. The molecule has 0 saturated heterocycles. The van der Waals surface area contributed by atoms with Gasteiger partial charge in [0.15, 0.2) is 6.10 Å². The van der Waals surface area contributed by atoms with Gasteiger partial charge in [0, 0.05) is 0 Å². The van der Waals surface area contributed by atoms with Gasteiger partial charge in [0.05, 0.1) is 12.4 Å². The number of aliphatic hydroxyl groups is 1. The summed E-state index contributed by atoms with van der Waals surface area (Å²) >= 11 is 0. The average Bonchev–Trinajstić information content (AvgIpc) is 2.64. The van der Waals surface area contributed by atoms with E-state index in [1.807, 2.05) is 0 Å². The molecule has 0 heterocycles. The van der Waals surface area contributed by atoms with E-state index in [1.165, 1.54) is 70.6 Å². The number of unbranched alkanes of at least 4 members (excludes halogenated alkanes) is 13. The zero-order valence-corrected chi connectivity index (χ0v) is 18.6. The zero-order valence-electron chi connectivity index (χ0n) is 17.7. The smallest absolute Gasteiger partial charge is 0.334 e. The molecule has 7 heteroatoms. The number of rotatable bonds is 20. The lowest BCUT2D eigenvalue weighted by molar-refractivity contribution is -0.153. The molecule has 6 nitrogen and oxygen atoms in total. The van der Waals surface area contributed by atoms with Crippen molar-refractivity contribution in [2.24, 2.45) is 0 Å². The molecule has 0 spiro atoms. The molecule has 0 radical (unpaired) electrons. The van der Waals surface area contributed by atoms with Crippen LogP contribution in [-0.4, -0.2) is 42.5 Å².